The van der Waals surface area contributed by atoms with Crippen molar-refractivity contribution in [3.8, 4) is 17.2 Å². The molecule has 1 atom stereocenters. The molecule has 23 heavy (non-hydrogen) atoms. The molecular formula is C18H20ClNO3. The summed E-state index contributed by atoms with van der Waals surface area (Å²) in [5.41, 5.74) is 2.24. The molecular weight excluding hydrogens is 314 g/mol. The molecule has 0 aliphatic carbocycles. The Morgan fingerprint density at radius 3 is 2.83 bits per heavy atom. The summed E-state index contributed by atoms with van der Waals surface area (Å²) in [6, 6.07) is 12.0. The molecule has 0 radical (unpaired) electrons. The molecule has 0 fully saturated rings. The van der Waals surface area contributed by atoms with Gasteiger partial charge in [-0.15, -0.1) is 0 Å². The standard InChI is InChI=1S/C18H20ClNO3/c1-12(14-4-3-5-15(19)10-14)20-11-13-8-16(21-2)18-17(9-13)22-6-7-23-18/h3-5,8-10,12,20H,6-7,11H2,1-2H3/t12-/m0/s1. The summed E-state index contributed by atoms with van der Waals surface area (Å²) in [6.07, 6.45) is 0. The summed E-state index contributed by atoms with van der Waals surface area (Å²) >= 11 is 6.05. The van der Waals surface area contributed by atoms with E-state index in [2.05, 4.69) is 18.3 Å². The number of ether oxygens (including phenoxy) is 3. The van der Waals surface area contributed by atoms with Gasteiger partial charge < -0.3 is 19.5 Å². The van der Waals surface area contributed by atoms with Gasteiger partial charge in [-0.2, -0.15) is 0 Å². The maximum atomic E-state index is 6.05. The molecule has 0 bridgehead atoms. The molecule has 122 valence electrons. The third kappa shape index (κ3) is 3.71. The Bertz CT molecular complexity index is 673. The van der Waals surface area contributed by atoms with Crippen LogP contribution in [0.15, 0.2) is 36.4 Å². The van der Waals surface area contributed by atoms with E-state index in [1.54, 1.807) is 7.11 Å². The van der Waals surface area contributed by atoms with Gasteiger partial charge in [-0.05, 0) is 42.3 Å². The third-order valence-electron chi connectivity index (χ3n) is 3.85. The van der Waals surface area contributed by atoms with Gasteiger partial charge in [0.15, 0.2) is 11.5 Å². The number of rotatable bonds is 5. The maximum Gasteiger partial charge on any atom is 0.203 e. The quantitative estimate of drug-likeness (QED) is 0.898. The van der Waals surface area contributed by atoms with Gasteiger partial charge in [0.1, 0.15) is 13.2 Å². The van der Waals surface area contributed by atoms with Crippen molar-refractivity contribution in [3.63, 3.8) is 0 Å². The molecule has 5 heteroatoms. The molecule has 0 spiro atoms. The summed E-state index contributed by atoms with van der Waals surface area (Å²) in [5, 5.41) is 4.24. The zero-order valence-corrected chi connectivity index (χ0v) is 14.0. The van der Waals surface area contributed by atoms with Crippen LogP contribution in [0.1, 0.15) is 24.1 Å². The topological polar surface area (TPSA) is 39.7 Å². The summed E-state index contributed by atoms with van der Waals surface area (Å²) in [4.78, 5) is 0. The van der Waals surface area contributed by atoms with Crippen molar-refractivity contribution in [2.75, 3.05) is 20.3 Å². The van der Waals surface area contributed by atoms with Crippen molar-refractivity contribution < 1.29 is 14.2 Å². The van der Waals surface area contributed by atoms with Crippen molar-refractivity contribution in [2.24, 2.45) is 0 Å². The zero-order chi connectivity index (χ0) is 16.2. The molecule has 1 heterocycles. The lowest BCUT2D eigenvalue weighted by Crippen LogP contribution is -2.19. The highest BCUT2D eigenvalue weighted by Crippen LogP contribution is 2.40. The molecule has 4 nitrogen and oxygen atoms in total. The summed E-state index contributed by atoms with van der Waals surface area (Å²) < 4.78 is 16.7. The summed E-state index contributed by atoms with van der Waals surface area (Å²) in [7, 11) is 1.64. The van der Waals surface area contributed by atoms with Crippen LogP contribution in [0.25, 0.3) is 0 Å². The molecule has 1 aliphatic heterocycles. The van der Waals surface area contributed by atoms with Crippen molar-refractivity contribution >= 4 is 11.6 Å². The van der Waals surface area contributed by atoms with Crippen LogP contribution >= 0.6 is 11.6 Å². The van der Waals surface area contributed by atoms with Crippen LogP contribution in [-0.2, 0) is 6.54 Å². The monoisotopic (exact) mass is 333 g/mol. The molecule has 2 aromatic rings. The average Bonchev–Trinajstić information content (AvgIpc) is 2.58. The van der Waals surface area contributed by atoms with E-state index in [0.29, 0.717) is 31.3 Å². The average molecular weight is 334 g/mol. The molecule has 0 amide bonds. The zero-order valence-electron chi connectivity index (χ0n) is 13.3. The van der Waals surface area contributed by atoms with Gasteiger partial charge in [0.05, 0.1) is 7.11 Å². The van der Waals surface area contributed by atoms with Crippen LogP contribution in [0.3, 0.4) is 0 Å². The van der Waals surface area contributed by atoms with E-state index in [1.807, 2.05) is 30.3 Å². The van der Waals surface area contributed by atoms with E-state index in [1.165, 1.54) is 0 Å². The van der Waals surface area contributed by atoms with Crippen LogP contribution in [0.4, 0.5) is 0 Å². The Balaban J connectivity index is 1.73. The predicted octanol–water partition coefficient (Wildman–Crippen LogP) is 3.97. The van der Waals surface area contributed by atoms with Gasteiger partial charge in [0.2, 0.25) is 5.75 Å². The van der Waals surface area contributed by atoms with E-state index >= 15 is 0 Å². The van der Waals surface area contributed by atoms with Crippen molar-refractivity contribution in [1.29, 1.82) is 0 Å². The fourth-order valence-electron chi connectivity index (χ4n) is 2.59. The largest absolute Gasteiger partial charge is 0.493 e. The second-order valence-electron chi connectivity index (χ2n) is 5.48. The molecule has 3 rings (SSSR count). The smallest absolute Gasteiger partial charge is 0.203 e. The van der Waals surface area contributed by atoms with Gasteiger partial charge >= 0.3 is 0 Å². The number of hydrogen-bond donors (Lipinski definition) is 1. The summed E-state index contributed by atoms with van der Waals surface area (Å²) in [5.74, 6) is 2.13. The van der Waals surface area contributed by atoms with Gasteiger partial charge in [-0.1, -0.05) is 23.7 Å². The molecule has 1 aliphatic rings. The Morgan fingerprint density at radius 1 is 1.22 bits per heavy atom. The van der Waals surface area contributed by atoms with Gasteiger partial charge in [0, 0.05) is 17.6 Å². The van der Waals surface area contributed by atoms with E-state index in [9.17, 15) is 0 Å². The van der Waals surface area contributed by atoms with E-state index in [-0.39, 0.29) is 6.04 Å². The van der Waals surface area contributed by atoms with Crippen molar-refractivity contribution in [3.05, 3.63) is 52.5 Å². The van der Waals surface area contributed by atoms with Crippen molar-refractivity contribution in [1.82, 2.24) is 5.32 Å². The maximum absolute atomic E-state index is 6.05. The Labute approximate surface area is 141 Å². The van der Waals surface area contributed by atoms with Crippen LogP contribution in [0, 0.1) is 0 Å². The van der Waals surface area contributed by atoms with Gasteiger partial charge in [-0.3, -0.25) is 0 Å². The van der Waals surface area contributed by atoms with Crippen LogP contribution in [0.5, 0.6) is 17.2 Å². The van der Waals surface area contributed by atoms with Gasteiger partial charge in [-0.25, -0.2) is 0 Å². The predicted molar refractivity (Wildman–Crippen MR) is 90.7 cm³/mol. The van der Waals surface area contributed by atoms with Crippen LogP contribution in [0.2, 0.25) is 5.02 Å². The minimum atomic E-state index is 0.188. The van der Waals surface area contributed by atoms with E-state index in [0.717, 1.165) is 21.9 Å². The molecule has 0 saturated carbocycles. The Hall–Kier alpha value is -1.91. The van der Waals surface area contributed by atoms with Crippen molar-refractivity contribution in [2.45, 2.75) is 19.5 Å². The number of fused-ring (bicyclic) bond motifs is 1. The fraction of sp³-hybridized carbons (Fsp3) is 0.333. The first-order chi connectivity index (χ1) is 11.2. The lowest BCUT2D eigenvalue weighted by atomic mass is 10.1. The molecule has 0 saturated heterocycles. The highest BCUT2D eigenvalue weighted by Gasteiger charge is 2.18. The minimum Gasteiger partial charge on any atom is -0.493 e. The number of halogens is 1. The first kappa shape index (κ1) is 16.0. The molecule has 1 N–H and O–H groups in total. The first-order valence-electron chi connectivity index (χ1n) is 7.62. The number of benzene rings is 2. The van der Waals surface area contributed by atoms with Crippen LogP contribution < -0.4 is 19.5 Å². The van der Waals surface area contributed by atoms with Gasteiger partial charge in [0.25, 0.3) is 0 Å². The fourth-order valence-corrected chi connectivity index (χ4v) is 2.79. The summed E-state index contributed by atoms with van der Waals surface area (Å²) in [6.45, 7) is 3.92. The van der Waals surface area contributed by atoms with E-state index in [4.69, 9.17) is 25.8 Å². The molecule has 0 aromatic heterocycles. The lowest BCUT2D eigenvalue weighted by molar-refractivity contribution is 0.165. The Kier molecular flexibility index (Phi) is 4.94. The third-order valence-corrected chi connectivity index (χ3v) is 4.08. The SMILES string of the molecule is COc1cc(CN[C@@H](C)c2cccc(Cl)c2)cc2c1OCCO2. The second kappa shape index (κ2) is 7.11. The molecule has 0 unspecified atom stereocenters. The van der Waals surface area contributed by atoms with Crippen LogP contribution in [-0.4, -0.2) is 20.3 Å². The lowest BCUT2D eigenvalue weighted by Gasteiger charge is -2.22. The normalized spacial score (nSPS) is 14.4. The highest BCUT2D eigenvalue weighted by molar-refractivity contribution is 6.30. The first-order valence-corrected chi connectivity index (χ1v) is 8.00. The number of nitrogens with one attached hydrogen (secondary N) is 1. The number of hydrogen-bond acceptors (Lipinski definition) is 4. The second-order valence-corrected chi connectivity index (χ2v) is 5.92. The number of methoxy groups -OCH3 is 1. The highest BCUT2D eigenvalue weighted by atomic mass is 35.5. The minimum absolute atomic E-state index is 0.188. The Morgan fingerprint density at radius 2 is 2.04 bits per heavy atom. The van der Waals surface area contributed by atoms with E-state index < -0.39 is 0 Å². The molecule has 2 aromatic carbocycles.